The third-order valence-electron chi connectivity index (χ3n) is 6.13. The molecule has 4 rings (SSSR count). The fraction of sp³-hybridized carbons (Fsp3) is 0.440. The highest BCUT2D eigenvalue weighted by molar-refractivity contribution is 7.92. The van der Waals surface area contributed by atoms with Crippen molar-refractivity contribution >= 4 is 27.5 Å². The molecule has 0 bridgehead atoms. The van der Waals surface area contributed by atoms with Crippen LogP contribution in [0.5, 0.6) is 11.5 Å². The number of sulfonamides is 1. The van der Waals surface area contributed by atoms with Crippen LogP contribution in [0, 0.1) is 0 Å². The summed E-state index contributed by atoms with van der Waals surface area (Å²) in [4.78, 5) is 28.6. The highest BCUT2D eigenvalue weighted by Gasteiger charge is 2.31. The zero-order valence-corrected chi connectivity index (χ0v) is 21.5. The van der Waals surface area contributed by atoms with Gasteiger partial charge < -0.3 is 28.7 Å². The Morgan fingerprint density at radius 2 is 1.43 bits per heavy atom. The van der Waals surface area contributed by atoms with Crippen LogP contribution in [-0.2, 0) is 29.1 Å². The van der Waals surface area contributed by atoms with Crippen LogP contribution in [0.25, 0.3) is 0 Å². The van der Waals surface area contributed by atoms with E-state index in [0.717, 1.165) is 4.31 Å². The molecular weight excluding hydrogens is 502 g/mol. The largest absolute Gasteiger partial charge is 0.495 e. The van der Waals surface area contributed by atoms with Gasteiger partial charge in [0.2, 0.25) is 5.91 Å². The summed E-state index contributed by atoms with van der Waals surface area (Å²) in [6.07, 6.45) is 0. The number of methoxy groups -OCH3 is 1. The number of rotatable bonds is 9. The van der Waals surface area contributed by atoms with E-state index in [0.29, 0.717) is 64.1 Å². The molecule has 0 unspecified atom stereocenters. The highest BCUT2D eigenvalue weighted by Crippen LogP contribution is 2.32. The third kappa shape index (κ3) is 6.51. The molecule has 2 aliphatic heterocycles. The number of anilines is 1. The molecule has 2 heterocycles. The number of carbonyl (C=O) groups excluding carboxylic acids is 2. The van der Waals surface area contributed by atoms with E-state index in [1.807, 2.05) is 0 Å². The molecular formula is C25H31N3O8S. The number of carbonyl (C=O) groups is 2. The standard InChI is InChI=1S/C25H31N3O8S/c1-33-23-5-3-2-4-22(23)28(18-24(29)26-10-14-34-15-11-26)37(31,32)21-8-6-20(7-9-21)36-19-25(30)27-12-16-35-17-13-27/h2-9H,10-19H2,1H3. The number of nitrogens with zero attached hydrogens (tertiary/aromatic N) is 3. The van der Waals surface area contributed by atoms with Crippen LogP contribution in [0.2, 0.25) is 0 Å². The van der Waals surface area contributed by atoms with E-state index in [2.05, 4.69) is 0 Å². The maximum absolute atomic E-state index is 13.8. The molecule has 0 spiro atoms. The van der Waals surface area contributed by atoms with E-state index in [1.165, 1.54) is 31.4 Å². The van der Waals surface area contributed by atoms with Gasteiger partial charge in [0, 0.05) is 26.2 Å². The fourth-order valence-electron chi connectivity index (χ4n) is 4.06. The molecule has 2 aliphatic rings. The maximum Gasteiger partial charge on any atom is 0.264 e. The van der Waals surface area contributed by atoms with Gasteiger partial charge in [-0.3, -0.25) is 13.9 Å². The molecule has 0 atom stereocenters. The summed E-state index contributed by atoms with van der Waals surface area (Å²) in [5.74, 6) is 0.180. The van der Waals surface area contributed by atoms with Crippen LogP contribution in [0.15, 0.2) is 53.4 Å². The van der Waals surface area contributed by atoms with Gasteiger partial charge in [-0.25, -0.2) is 8.42 Å². The van der Waals surface area contributed by atoms with E-state index in [-0.39, 0.29) is 29.0 Å². The van der Waals surface area contributed by atoms with Crippen LogP contribution in [0.1, 0.15) is 0 Å². The number of benzene rings is 2. The van der Waals surface area contributed by atoms with Crippen LogP contribution >= 0.6 is 0 Å². The molecule has 2 amide bonds. The highest BCUT2D eigenvalue weighted by atomic mass is 32.2. The average molecular weight is 534 g/mol. The second-order valence-electron chi connectivity index (χ2n) is 8.43. The molecule has 2 aromatic rings. The van der Waals surface area contributed by atoms with Crippen molar-refractivity contribution in [1.29, 1.82) is 0 Å². The van der Waals surface area contributed by atoms with Gasteiger partial charge in [-0.1, -0.05) is 12.1 Å². The van der Waals surface area contributed by atoms with Crippen LogP contribution < -0.4 is 13.8 Å². The van der Waals surface area contributed by atoms with Gasteiger partial charge in [0.25, 0.3) is 15.9 Å². The summed E-state index contributed by atoms with van der Waals surface area (Å²) < 4.78 is 50.1. The van der Waals surface area contributed by atoms with Gasteiger partial charge in [0.05, 0.1) is 44.1 Å². The quantitative estimate of drug-likeness (QED) is 0.469. The average Bonchev–Trinajstić information content (AvgIpc) is 2.95. The fourth-order valence-corrected chi connectivity index (χ4v) is 5.48. The van der Waals surface area contributed by atoms with Crippen molar-refractivity contribution < 1.29 is 37.0 Å². The van der Waals surface area contributed by atoms with E-state index < -0.39 is 16.6 Å². The minimum Gasteiger partial charge on any atom is -0.495 e. The number of hydrogen-bond acceptors (Lipinski definition) is 8. The zero-order valence-electron chi connectivity index (χ0n) is 20.7. The van der Waals surface area contributed by atoms with Gasteiger partial charge in [0.15, 0.2) is 6.61 Å². The Balaban J connectivity index is 1.53. The lowest BCUT2D eigenvalue weighted by Crippen LogP contribution is -2.47. The van der Waals surface area contributed by atoms with Gasteiger partial charge in [-0.15, -0.1) is 0 Å². The van der Waals surface area contributed by atoms with Crippen LogP contribution in [0.3, 0.4) is 0 Å². The molecule has 12 heteroatoms. The Kier molecular flexibility index (Phi) is 8.85. The molecule has 2 fully saturated rings. The van der Waals surface area contributed by atoms with Gasteiger partial charge >= 0.3 is 0 Å². The molecule has 2 saturated heterocycles. The van der Waals surface area contributed by atoms with E-state index in [1.54, 1.807) is 34.1 Å². The Hall–Kier alpha value is -3.35. The SMILES string of the molecule is COc1ccccc1N(CC(=O)N1CCOCC1)S(=O)(=O)c1ccc(OCC(=O)N2CCOCC2)cc1. The van der Waals surface area contributed by atoms with Crippen molar-refractivity contribution in [2.45, 2.75) is 4.90 Å². The summed E-state index contributed by atoms with van der Waals surface area (Å²) >= 11 is 0. The first-order chi connectivity index (χ1) is 17.9. The third-order valence-corrected chi connectivity index (χ3v) is 7.91. The molecule has 2 aromatic carbocycles. The molecule has 0 radical (unpaired) electrons. The smallest absolute Gasteiger partial charge is 0.264 e. The second kappa shape index (κ2) is 12.3. The number of morpholine rings is 2. The first kappa shape index (κ1) is 26.7. The normalized spacial score (nSPS) is 16.2. The van der Waals surface area contributed by atoms with E-state index >= 15 is 0 Å². The summed E-state index contributed by atoms with van der Waals surface area (Å²) in [5, 5.41) is 0. The lowest BCUT2D eigenvalue weighted by atomic mass is 10.3. The van der Waals surface area contributed by atoms with Crippen molar-refractivity contribution in [3.05, 3.63) is 48.5 Å². The van der Waals surface area contributed by atoms with Gasteiger partial charge in [-0.05, 0) is 36.4 Å². The van der Waals surface area contributed by atoms with Crippen molar-refractivity contribution in [2.75, 3.05) is 77.2 Å². The predicted molar refractivity (Wildman–Crippen MR) is 134 cm³/mol. The minimum atomic E-state index is -4.16. The minimum absolute atomic E-state index is 0.0277. The number of amides is 2. The Morgan fingerprint density at radius 3 is 2.03 bits per heavy atom. The molecule has 200 valence electrons. The summed E-state index contributed by atoms with van der Waals surface area (Å²) in [7, 11) is -2.71. The van der Waals surface area contributed by atoms with Gasteiger partial charge in [0.1, 0.15) is 18.0 Å². The van der Waals surface area contributed by atoms with Crippen molar-refractivity contribution in [2.24, 2.45) is 0 Å². The molecule has 0 aliphatic carbocycles. The lowest BCUT2D eigenvalue weighted by molar-refractivity contribution is -0.137. The first-order valence-corrected chi connectivity index (χ1v) is 13.4. The van der Waals surface area contributed by atoms with Crippen molar-refractivity contribution in [3.8, 4) is 11.5 Å². The van der Waals surface area contributed by atoms with Crippen molar-refractivity contribution in [3.63, 3.8) is 0 Å². The molecule has 0 N–H and O–H groups in total. The Labute approximate surface area is 216 Å². The van der Waals surface area contributed by atoms with E-state index in [9.17, 15) is 18.0 Å². The predicted octanol–water partition coefficient (Wildman–Crippen LogP) is 0.987. The summed E-state index contributed by atoms with van der Waals surface area (Å²) in [6.45, 7) is 3.07. The monoisotopic (exact) mass is 533 g/mol. The van der Waals surface area contributed by atoms with Crippen molar-refractivity contribution in [1.82, 2.24) is 9.80 Å². The van der Waals surface area contributed by atoms with E-state index in [4.69, 9.17) is 18.9 Å². The number of ether oxygens (including phenoxy) is 4. The Morgan fingerprint density at radius 1 is 0.865 bits per heavy atom. The maximum atomic E-state index is 13.8. The molecule has 37 heavy (non-hydrogen) atoms. The molecule has 0 aromatic heterocycles. The zero-order chi connectivity index (χ0) is 26.3. The first-order valence-electron chi connectivity index (χ1n) is 12.0. The van der Waals surface area contributed by atoms with Crippen LogP contribution in [0.4, 0.5) is 5.69 Å². The summed E-state index contributed by atoms with van der Waals surface area (Å²) in [6, 6.07) is 12.4. The van der Waals surface area contributed by atoms with Crippen LogP contribution in [-0.4, -0.2) is 103 Å². The van der Waals surface area contributed by atoms with Gasteiger partial charge in [-0.2, -0.15) is 0 Å². The molecule has 11 nitrogen and oxygen atoms in total. The number of hydrogen-bond donors (Lipinski definition) is 0. The summed E-state index contributed by atoms with van der Waals surface area (Å²) in [5.41, 5.74) is 0.253. The second-order valence-corrected chi connectivity index (χ2v) is 10.3. The number of para-hydroxylation sites is 2. The topological polar surface area (TPSA) is 115 Å². The Bertz CT molecular complexity index is 1180. The molecule has 0 saturated carbocycles. The lowest BCUT2D eigenvalue weighted by Gasteiger charge is -2.31.